The summed E-state index contributed by atoms with van der Waals surface area (Å²) in [7, 11) is 1.91. The summed E-state index contributed by atoms with van der Waals surface area (Å²) < 4.78 is 5.29. The van der Waals surface area contributed by atoms with Gasteiger partial charge in [-0.25, -0.2) is 0 Å². The molecule has 1 N–H and O–H groups in total. The van der Waals surface area contributed by atoms with Crippen molar-refractivity contribution in [2.75, 3.05) is 33.2 Å². The molecule has 134 valence electrons. The predicted octanol–water partition coefficient (Wildman–Crippen LogP) is 1.19. The van der Waals surface area contributed by atoms with Gasteiger partial charge in [-0.3, -0.25) is 9.69 Å². The lowest BCUT2D eigenvalue weighted by Gasteiger charge is -2.31. The maximum absolute atomic E-state index is 12.3. The molecule has 1 aliphatic heterocycles. The molecule has 2 heterocycles. The zero-order valence-corrected chi connectivity index (χ0v) is 14.5. The molecule has 3 rings (SSSR count). The number of likely N-dealkylation sites (N-methyl/N-ethyl adjacent to an activating group) is 1. The molecule has 0 radical (unpaired) electrons. The van der Waals surface area contributed by atoms with Crippen LogP contribution in [0.2, 0.25) is 0 Å². The van der Waals surface area contributed by atoms with E-state index < -0.39 is 0 Å². The number of rotatable bonds is 6. The topological polar surface area (TPSA) is 82.7 Å². The van der Waals surface area contributed by atoms with Crippen molar-refractivity contribution >= 4 is 5.91 Å². The SMILES string of the molecule is CN(CCc1nc(-c2ccccc2)no1)CC(=O)N1CCC(O)CC1. The average molecular weight is 344 g/mol. The van der Waals surface area contributed by atoms with Crippen LogP contribution >= 0.6 is 0 Å². The van der Waals surface area contributed by atoms with Crippen LogP contribution in [0.3, 0.4) is 0 Å². The molecule has 7 heteroatoms. The van der Waals surface area contributed by atoms with Gasteiger partial charge in [-0.2, -0.15) is 4.98 Å². The Morgan fingerprint density at radius 3 is 2.76 bits per heavy atom. The number of aromatic nitrogens is 2. The van der Waals surface area contributed by atoms with Crippen molar-refractivity contribution in [1.82, 2.24) is 19.9 Å². The van der Waals surface area contributed by atoms with Crippen LogP contribution in [0, 0.1) is 0 Å². The average Bonchev–Trinajstić information content (AvgIpc) is 3.10. The van der Waals surface area contributed by atoms with E-state index in [9.17, 15) is 9.90 Å². The zero-order chi connectivity index (χ0) is 17.6. The fourth-order valence-electron chi connectivity index (χ4n) is 2.87. The molecule has 1 aromatic heterocycles. The summed E-state index contributed by atoms with van der Waals surface area (Å²) in [6, 6.07) is 9.69. The predicted molar refractivity (Wildman–Crippen MR) is 92.8 cm³/mol. The lowest BCUT2D eigenvalue weighted by atomic mass is 10.1. The molecule has 0 aliphatic carbocycles. The first-order valence-corrected chi connectivity index (χ1v) is 8.64. The van der Waals surface area contributed by atoms with Crippen LogP contribution in [0.25, 0.3) is 11.4 Å². The molecule has 0 atom stereocenters. The number of hydrogen-bond acceptors (Lipinski definition) is 6. The van der Waals surface area contributed by atoms with E-state index in [1.165, 1.54) is 0 Å². The smallest absolute Gasteiger partial charge is 0.236 e. The Balaban J connectivity index is 1.45. The number of hydrogen-bond donors (Lipinski definition) is 1. The second kappa shape index (κ2) is 8.22. The van der Waals surface area contributed by atoms with E-state index in [0.717, 1.165) is 5.56 Å². The van der Waals surface area contributed by atoms with Crippen LogP contribution in [0.5, 0.6) is 0 Å². The summed E-state index contributed by atoms with van der Waals surface area (Å²) >= 11 is 0. The molecule has 1 aliphatic rings. The van der Waals surface area contributed by atoms with E-state index >= 15 is 0 Å². The Morgan fingerprint density at radius 2 is 2.04 bits per heavy atom. The van der Waals surface area contributed by atoms with Gasteiger partial charge in [0.05, 0.1) is 12.6 Å². The molecule has 1 amide bonds. The maximum atomic E-state index is 12.3. The van der Waals surface area contributed by atoms with Gasteiger partial charge in [0.25, 0.3) is 0 Å². The van der Waals surface area contributed by atoms with E-state index in [2.05, 4.69) is 10.1 Å². The summed E-state index contributed by atoms with van der Waals surface area (Å²) in [5, 5.41) is 13.5. The quantitative estimate of drug-likeness (QED) is 0.848. The van der Waals surface area contributed by atoms with Gasteiger partial charge in [0.2, 0.25) is 17.6 Å². The van der Waals surface area contributed by atoms with Crippen LogP contribution in [0.1, 0.15) is 18.7 Å². The van der Waals surface area contributed by atoms with E-state index in [0.29, 0.717) is 57.2 Å². The minimum Gasteiger partial charge on any atom is -0.393 e. The molecular weight excluding hydrogens is 320 g/mol. The molecule has 0 spiro atoms. The van der Waals surface area contributed by atoms with E-state index in [-0.39, 0.29) is 12.0 Å². The first kappa shape index (κ1) is 17.6. The van der Waals surface area contributed by atoms with Gasteiger partial charge in [-0.1, -0.05) is 35.5 Å². The highest BCUT2D eigenvalue weighted by Gasteiger charge is 2.22. The summed E-state index contributed by atoms with van der Waals surface area (Å²) in [6.07, 6.45) is 1.67. The third kappa shape index (κ3) is 4.87. The number of carbonyl (C=O) groups excluding carboxylic acids is 1. The molecule has 25 heavy (non-hydrogen) atoms. The number of aliphatic hydroxyl groups is 1. The third-order valence-electron chi connectivity index (χ3n) is 4.43. The molecule has 0 saturated carbocycles. The van der Waals surface area contributed by atoms with Gasteiger partial charge in [0.1, 0.15) is 0 Å². The summed E-state index contributed by atoms with van der Waals surface area (Å²) in [5.41, 5.74) is 0.924. The van der Waals surface area contributed by atoms with Crippen molar-refractivity contribution in [2.24, 2.45) is 0 Å². The van der Waals surface area contributed by atoms with Gasteiger partial charge < -0.3 is 14.5 Å². The minimum absolute atomic E-state index is 0.102. The van der Waals surface area contributed by atoms with Crippen molar-refractivity contribution in [3.63, 3.8) is 0 Å². The van der Waals surface area contributed by atoms with Gasteiger partial charge in [-0.05, 0) is 19.9 Å². The second-order valence-electron chi connectivity index (χ2n) is 6.48. The highest BCUT2D eigenvalue weighted by Crippen LogP contribution is 2.15. The number of carbonyl (C=O) groups is 1. The Kier molecular flexibility index (Phi) is 5.78. The van der Waals surface area contributed by atoms with Crippen LogP contribution < -0.4 is 0 Å². The van der Waals surface area contributed by atoms with Crippen molar-refractivity contribution in [3.8, 4) is 11.4 Å². The van der Waals surface area contributed by atoms with Crippen LogP contribution in [-0.2, 0) is 11.2 Å². The van der Waals surface area contributed by atoms with Gasteiger partial charge >= 0.3 is 0 Å². The number of nitrogens with zero attached hydrogens (tertiary/aromatic N) is 4. The van der Waals surface area contributed by atoms with E-state index in [1.54, 1.807) is 0 Å². The molecule has 1 saturated heterocycles. The number of piperidine rings is 1. The van der Waals surface area contributed by atoms with Crippen molar-refractivity contribution < 1.29 is 14.4 Å². The molecule has 7 nitrogen and oxygen atoms in total. The summed E-state index contributed by atoms with van der Waals surface area (Å²) in [5.74, 6) is 1.25. The highest BCUT2D eigenvalue weighted by molar-refractivity contribution is 5.78. The van der Waals surface area contributed by atoms with Crippen LogP contribution in [0.15, 0.2) is 34.9 Å². The van der Waals surface area contributed by atoms with Crippen molar-refractivity contribution in [1.29, 1.82) is 0 Å². The summed E-state index contributed by atoms with van der Waals surface area (Å²) in [4.78, 5) is 20.5. The van der Waals surface area contributed by atoms with Crippen LogP contribution in [-0.4, -0.2) is 70.3 Å². The highest BCUT2D eigenvalue weighted by atomic mass is 16.5. The van der Waals surface area contributed by atoms with Crippen molar-refractivity contribution in [2.45, 2.75) is 25.4 Å². The van der Waals surface area contributed by atoms with E-state index in [4.69, 9.17) is 4.52 Å². The third-order valence-corrected chi connectivity index (χ3v) is 4.43. The molecule has 1 aromatic carbocycles. The number of likely N-dealkylation sites (tertiary alicyclic amines) is 1. The molecular formula is C18H24N4O3. The lowest BCUT2D eigenvalue weighted by molar-refractivity contribution is -0.134. The molecule has 2 aromatic rings. The Hall–Kier alpha value is -2.25. The summed E-state index contributed by atoms with van der Waals surface area (Å²) in [6.45, 7) is 2.30. The van der Waals surface area contributed by atoms with E-state index in [1.807, 2.05) is 47.2 Å². The minimum atomic E-state index is -0.266. The Labute approximate surface area is 147 Å². The Bertz CT molecular complexity index is 681. The van der Waals surface area contributed by atoms with Gasteiger partial charge in [-0.15, -0.1) is 0 Å². The number of benzene rings is 1. The fraction of sp³-hybridized carbons (Fsp3) is 0.500. The molecule has 1 fully saturated rings. The van der Waals surface area contributed by atoms with Crippen LogP contribution in [0.4, 0.5) is 0 Å². The molecule has 0 unspecified atom stereocenters. The first-order chi connectivity index (χ1) is 12.1. The van der Waals surface area contributed by atoms with Gasteiger partial charge in [0.15, 0.2) is 0 Å². The Morgan fingerprint density at radius 1 is 1.32 bits per heavy atom. The number of aliphatic hydroxyl groups excluding tert-OH is 1. The monoisotopic (exact) mass is 344 g/mol. The van der Waals surface area contributed by atoms with Crippen molar-refractivity contribution in [3.05, 3.63) is 36.2 Å². The largest absolute Gasteiger partial charge is 0.393 e. The standard InChI is InChI=1S/C18H24N4O3/c1-21(13-17(24)22-11-7-15(23)8-12-22)10-9-16-19-18(20-25-16)14-5-3-2-4-6-14/h2-6,15,23H,7-13H2,1H3. The zero-order valence-electron chi connectivity index (χ0n) is 14.5. The first-order valence-electron chi connectivity index (χ1n) is 8.64. The van der Waals surface area contributed by atoms with Gasteiger partial charge in [0, 0.05) is 31.6 Å². The maximum Gasteiger partial charge on any atom is 0.236 e. The molecule has 0 bridgehead atoms. The number of amides is 1. The fourth-order valence-corrected chi connectivity index (χ4v) is 2.87. The normalized spacial score (nSPS) is 15.7. The lowest BCUT2D eigenvalue weighted by Crippen LogP contribution is -2.44. The second-order valence-corrected chi connectivity index (χ2v) is 6.48.